The minimum absolute atomic E-state index is 0.0693. The van der Waals surface area contributed by atoms with Crippen molar-refractivity contribution in [3.05, 3.63) is 64.4 Å². The molecule has 0 saturated heterocycles. The summed E-state index contributed by atoms with van der Waals surface area (Å²) in [6.07, 6.45) is 0. The number of aryl methyl sites for hydroxylation is 3. The van der Waals surface area contributed by atoms with Crippen molar-refractivity contribution in [2.24, 2.45) is 0 Å². The molecule has 27 heavy (non-hydrogen) atoms. The van der Waals surface area contributed by atoms with Crippen LogP contribution < -0.4 is 10.6 Å². The Balaban J connectivity index is 1.83. The number of benzene rings is 2. The summed E-state index contributed by atoms with van der Waals surface area (Å²) in [7, 11) is 0. The summed E-state index contributed by atoms with van der Waals surface area (Å²) >= 11 is 0. The first-order chi connectivity index (χ1) is 12.8. The molecule has 0 atom stereocenters. The fraction of sp³-hybridized carbons (Fsp3) is 0.273. The normalized spacial score (nSPS) is 11.0. The first kappa shape index (κ1) is 18.7. The van der Waals surface area contributed by atoms with Gasteiger partial charge in [-0.15, -0.1) is 0 Å². The van der Waals surface area contributed by atoms with Gasteiger partial charge < -0.3 is 15.1 Å². The number of anilines is 1. The SMILES string of the molecule is Cc1ccc(C)c2c(C)c(C(=O)Nc3ccc(C(=O)NC(C)C)cc3)oc12. The lowest BCUT2D eigenvalue weighted by molar-refractivity contribution is 0.0942. The Bertz CT molecular complexity index is 1010. The van der Waals surface area contributed by atoms with E-state index in [1.165, 1.54) is 0 Å². The highest BCUT2D eigenvalue weighted by molar-refractivity contribution is 6.07. The van der Waals surface area contributed by atoms with Gasteiger partial charge in [0.15, 0.2) is 5.76 Å². The number of carbonyl (C=O) groups excluding carboxylic acids is 2. The van der Waals surface area contributed by atoms with Crippen molar-refractivity contribution in [1.82, 2.24) is 5.32 Å². The van der Waals surface area contributed by atoms with Crippen molar-refractivity contribution < 1.29 is 14.0 Å². The molecule has 2 N–H and O–H groups in total. The van der Waals surface area contributed by atoms with Crippen LogP contribution in [0.5, 0.6) is 0 Å². The zero-order valence-corrected chi connectivity index (χ0v) is 16.3. The van der Waals surface area contributed by atoms with Crippen LogP contribution in [0.2, 0.25) is 0 Å². The van der Waals surface area contributed by atoms with Crippen molar-refractivity contribution in [2.45, 2.75) is 40.7 Å². The van der Waals surface area contributed by atoms with Crippen LogP contribution >= 0.6 is 0 Å². The van der Waals surface area contributed by atoms with Crippen LogP contribution in [-0.2, 0) is 0 Å². The average Bonchev–Trinajstić information content (AvgIpc) is 2.97. The smallest absolute Gasteiger partial charge is 0.291 e. The molecule has 1 heterocycles. The van der Waals surface area contributed by atoms with E-state index in [9.17, 15) is 9.59 Å². The summed E-state index contributed by atoms with van der Waals surface area (Å²) in [5.74, 6) is -0.132. The Morgan fingerprint density at radius 1 is 0.889 bits per heavy atom. The number of carbonyl (C=O) groups is 2. The van der Waals surface area contributed by atoms with Gasteiger partial charge in [-0.05, 0) is 70.0 Å². The second kappa shape index (κ2) is 7.27. The molecule has 0 aliphatic carbocycles. The molecule has 0 saturated carbocycles. The van der Waals surface area contributed by atoms with E-state index in [0.29, 0.717) is 17.0 Å². The van der Waals surface area contributed by atoms with E-state index in [-0.39, 0.29) is 17.9 Å². The van der Waals surface area contributed by atoms with Gasteiger partial charge in [0.25, 0.3) is 11.8 Å². The third-order valence-electron chi connectivity index (χ3n) is 4.51. The van der Waals surface area contributed by atoms with Gasteiger partial charge in [0.05, 0.1) is 0 Å². The minimum atomic E-state index is -0.304. The van der Waals surface area contributed by atoms with Crippen molar-refractivity contribution >= 4 is 28.5 Å². The van der Waals surface area contributed by atoms with E-state index in [0.717, 1.165) is 27.7 Å². The maximum absolute atomic E-state index is 12.7. The highest BCUT2D eigenvalue weighted by Crippen LogP contribution is 2.31. The van der Waals surface area contributed by atoms with Crippen molar-refractivity contribution in [3.8, 4) is 0 Å². The van der Waals surface area contributed by atoms with Gasteiger partial charge in [-0.1, -0.05) is 12.1 Å². The first-order valence-corrected chi connectivity index (χ1v) is 8.99. The van der Waals surface area contributed by atoms with Crippen LogP contribution in [0.25, 0.3) is 11.0 Å². The predicted molar refractivity (Wildman–Crippen MR) is 107 cm³/mol. The highest BCUT2D eigenvalue weighted by atomic mass is 16.3. The zero-order valence-electron chi connectivity index (χ0n) is 16.3. The van der Waals surface area contributed by atoms with E-state index in [1.54, 1.807) is 24.3 Å². The van der Waals surface area contributed by atoms with Gasteiger partial charge in [-0.2, -0.15) is 0 Å². The monoisotopic (exact) mass is 364 g/mol. The van der Waals surface area contributed by atoms with Crippen LogP contribution in [0.4, 0.5) is 5.69 Å². The molecule has 3 aromatic rings. The number of furan rings is 1. The molecular weight excluding hydrogens is 340 g/mol. The molecule has 0 bridgehead atoms. The molecule has 0 unspecified atom stereocenters. The lowest BCUT2D eigenvalue weighted by Gasteiger charge is -2.09. The molecule has 1 aromatic heterocycles. The number of fused-ring (bicyclic) bond motifs is 1. The number of amides is 2. The molecule has 0 aliphatic rings. The molecule has 0 fully saturated rings. The average molecular weight is 364 g/mol. The zero-order chi connectivity index (χ0) is 19.7. The number of nitrogens with one attached hydrogen (secondary N) is 2. The quantitative estimate of drug-likeness (QED) is 0.702. The Morgan fingerprint density at radius 3 is 2.11 bits per heavy atom. The summed E-state index contributed by atoms with van der Waals surface area (Å²) in [4.78, 5) is 24.7. The molecular formula is C22H24N2O3. The molecule has 2 amide bonds. The van der Waals surface area contributed by atoms with Crippen LogP contribution in [0.1, 0.15) is 51.5 Å². The van der Waals surface area contributed by atoms with Gasteiger partial charge in [-0.25, -0.2) is 0 Å². The van der Waals surface area contributed by atoms with Gasteiger partial charge >= 0.3 is 0 Å². The highest BCUT2D eigenvalue weighted by Gasteiger charge is 2.20. The van der Waals surface area contributed by atoms with E-state index >= 15 is 0 Å². The number of rotatable bonds is 4. The topological polar surface area (TPSA) is 71.3 Å². The van der Waals surface area contributed by atoms with Crippen molar-refractivity contribution in [3.63, 3.8) is 0 Å². The molecule has 5 heteroatoms. The van der Waals surface area contributed by atoms with Gasteiger partial charge in [-0.3, -0.25) is 9.59 Å². The third kappa shape index (κ3) is 3.72. The van der Waals surface area contributed by atoms with Crippen LogP contribution in [0.3, 0.4) is 0 Å². The van der Waals surface area contributed by atoms with Crippen molar-refractivity contribution in [2.75, 3.05) is 5.32 Å². The maximum Gasteiger partial charge on any atom is 0.291 e. The Morgan fingerprint density at radius 2 is 1.52 bits per heavy atom. The summed E-state index contributed by atoms with van der Waals surface area (Å²) < 4.78 is 5.87. The second-order valence-electron chi connectivity index (χ2n) is 7.12. The lowest BCUT2D eigenvalue weighted by Crippen LogP contribution is -2.30. The molecule has 0 radical (unpaired) electrons. The summed E-state index contributed by atoms with van der Waals surface area (Å²) in [5, 5.41) is 6.67. The minimum Gasteiger partial charge on any atom is -0.450 e. The standard InChI is InChI=1S/C22H24N2O3/c1-12(2)23-21(25)16-8-10-17(11-9-16)24-22(26)20-15(5)18-13(3)6-7-14(4)19(18)27-20/h6-12H,1-5H3,(H,23,25)(H,24,26). The first-order valence-electron chi connectivity index (χ1n) is 8.99. The second-order valence-corrected chi connectivity index (χ2v) is 7.12. The Kier molecular flexibility index (Phi) is 5.04. The molecule has 140 valence electrons. The molecule has 3 rings (SSSR count). The predicted octanol–water partition coefficient (Wildman–Crippen LogP) is 4.75. The van der Waals surface area contributed by atoms with E-state index in [4.69, 9.17) is 4.42 Å². The summed E-state index contributed by atoms with van der Waals surface area (Å²) in [5.41, 5.74) is 4.81. The van der Waals surface area contributed by atoms with Gasteiger partial charge in [0, 0.05) is 28.2 Å². The van der Waals surface area contributed by atoms with E-state index in [2.05, 4.69) is 10.6 Å². The largest absolute Gasteiger partial charge is 0.450 e. The van der Waals surface area contributed by atoms with Crippen LogP contribution in [0.15, 0.2) is 40.8 Å². The molecule has 5 nitrogen and oxygen atoms in total. The Labute approximate surface area is 158 Å². The summed E-state index contributed by atoms with van der Waals surface area (Å²) in [6.45, 7) is 9.68. The van der Waals surface area contributed by atoms with Crippen molar-refractivity contribution in [1.29, 1.82) is 0 Å². The number of hydrogen-bond donors (Lipinski definition) is 2. The summed E-state index contributed by atoms with van der Waals surface area (Å²) in [6, 6.07) is 10.9. The fourth-order valence-electron chi connectivity index (χ4n) is 3.13. The lowest BCUT2D eigenvalue weighted by atomic mass is 10.0. The van der Waals surface area contributed by atoms with E-state index in [1.807, 2.05) is 46.8 Å². The van der Waals surface area contributed by atoms with Gasteiger partial charge in [0.2, 0.25) is 0 Å². The molecule has 0 aliphatic heterocycles. The molecule has 2 aromatic carbocycles. The fourth-order valence-corrected chi connectivity index (χ4v) is 3.13. The van der Waals surface area contributed by atoms with Crippen LogP contribution in [-0.4, -0.2) is 17.9 Å². The van der Waals surface area contributed by atoms with Gasteiger partial charge in [0.1, 0.15) is 5.58 Å². The van der Waals surface area contributed by atoms with Crippen LogP contribution in [0, 0.1) is 20.8 Å². The Hall–Kier alpha value is -3.08. The number of hydrogen-bond acceptors (Lipinski definition) is 3. The third-order valence-corrected chi connectivity index (χ3v) is 4.51. The molecule has 0 spiro atoms. The van der Waals surface area contributed by atoms with E-state index < -0.39 is 0 Å². The maximum atomic E-state index is 12.7.